The SMILES string of the molecule is NC(=O)CCCCCCCC1(C(N)=O)Cc2ccccc2C1. The molecule has 0 saturated carbocycles. The third-order valence-corrected chi connectivity index (χ3v) is 4.78. The Morgan fingerprint density at radius 1 is 0.909 bits per heavy atom. The summed E-state index contributed by atoms with van der Waals surface area (Å²) in [6, 6.07) is 8.25. The molecule has 0 spiro atoms. The molecule has 4 N–H and O–H groups in total. The third kappa shape index (κ3) is 4.09. The van der Waals surface area contributed by atoms with E-state index in [1.807, 2.05) is 12.1 Å². The van der Waals surface area contributed by atoms with E-state index in [1.54, 1.807) is 0 Å². The lowest BCUT2D eigenvalue weighted by atomic mass is 9.79. The quantitative estimate of drug-likeness (QED) is 0.687. The molecule has 4 heteroatoms. The van der Waals surface area contributed by atoms with Gasteiger partial charge in [0.25, 0.3) is 0 Å². The van der Waals surface area contributed by atoms with Gasteiger partial charge in [0.2, 0.25) is 11.8 Å². The smallest absolute Gasteiger partial charge is 0.224 e. The van der Waals surface area contributed by atoms with E-state index in [4.69, 9.17) is 11.5 Å². The molecule has 1 aliphatic rings. The van der Waals surface area contributed by atoms with E-state index < -0.39 is 5.41 Å². The minimum absolute atomic E-state index is 0.169. The first-order valence-electron chi connectivity index (χ1n) is 8.18. The molecule has 0 radical (unpaired) electrons. The average molecular weight is 302 g/mol. The molecule has 0 saturated heterocycles. The van der Waals surface area contributed by atoms with Gasteiger partial charge in [0.05, 0.1) is 5.41 Å². The molecule has 0 heterocycles. The summed E-state index contributed by atoms with van der Waals surface area (Å²) in [6.45, 7) is 0. The molecule has 1 aliphatic carbocycles. The van der Waals surface area contributed by atoms with Crippen LogP contribution in [0, 0.1) is 5.41 Å². The van der Waals surface area contributed by atoms with Gasteiger partial charge in [-0.3, -0.25) is 9.59 Å². The Balaban J connectivity index is 1.77. The first-order valence-corrected chi connectivity index (χ1v) is 8.18. The van der Waals surface area contributed by atoms with Gasteiger partial charge in [-0.2, -0.15) is 0 Å². The number of benzene rings is 1. The molecular weight excluding hydrogens is 276 g/mol. The van der Waals surface area contributed by atoms with Crippen LogP contribution in [0.2, 0.25) is 0 Å². The summed E-state index contributed by atoms with van der Waals surface area (Å²) >= 11 is 0. The number of hydrogen-bond acceptors (Lipinski definition) is 2. The highest BCUT2D eigenvalue weighted by Gasteiger charge is 2.41. The van der Waals surface area contributed by atoms with Crippen LogP contribution >= 0.6 is 0 Å². The fraction of sp³-hybridized carbons (Fsp3) is 0.556. The maximum absolute atomic E-state index is 12.0. The lowest BCUT2D eigenvalue weighted by molar-refractivity contribution is -0.127. The van der Waals surface area contributed by atoms with E-state index in [2.05, 4.69) is 12.1 Å². The first-order chi connectivity index (χ1) is 10.5. The van der Waals surface area contributed by atoms with Crippen molar-refractivity contribution in [2.24, 2.45) is 16.9 Å². The average Bonchev–Trinajstić information content (AvgIpc) is 2.85. The summed E-state index contributed by atoms with van der Waals surface area (Å²) in [7, 11) is 0. The zero-order chi connectivity index (χ0) is 16.0. The van der Waals surface area contributed by atoms with Crippen LogP contribution < -0.4 is 11.5 Å². The predicted molar refractivity (Wildman–Crippen MR) is 87.0 cm³/mol. The number of fused-ring (bicyclic) bond motifs is 1. The molecule has 2 amide bonds. The standard InChI is InChI=1S/C18H26N2O2/c19-16(21)10-4-2-1-3-7-11-18(17(20)22)12-14-8-5-6-9-15(14)13-18/h5-6,8-9H,1-4,7,10-13H2,(H2,19,21)(H2,20,22). The van der Waals surface area contributed by atoms with Crippen LogP contribution in [0.3, 0.4) is 0 Å². The van der Waals surface area contributed by atoms with Crippen molar-refractivity contribution in [3.05, 3.63) is 35.4 Å². The zero-order valence-electron chi connectivity index (χ0n) is 13.1. The molecule has 0 bridgehead atoms. The lowest BCUT2D eigenvalue weighted by Gasteiger charge is -2.25. The fourth-order valence-electron chi connectivity index (χ4n) is 3.46. The Labute approximate surface area is 132 Å². The van der Waals surface area contributed by atoms with Crippen molar-refractivity contribution in [1.82, 2.24) is 0 Å². The monoisotopic (exact) mass is 302 g/mol. The second-order valence-electron chi connectivity index (χ2n) is 6.50. The largest absolute Gasteiger partial charge is 0.370 e. The maximum Gasteiger partial charge on any atom is 0.224 e. The number of carbonyl (C=O) groups is 2. The lowest BCUT2D eigenvalue weighted by Crippen LogP contribution is -2.37. The topological polar surface area (TPSA) is 86.2 Å². The Hall–Kier alpha value is -1.84. The van der Waals surface area contributed by atoms with Crippen molar-refractivity contribution < 1.29 is 9.59 Å². The van der Waals surface area contributed by atoms with Crippen LogP contribution in [0.1, 0.15) is 56.1 Å². The maximum atomic E-state index is 12.0. The van der Waals surface area contributed by atoms with E-state index >= 15 is 0 Å². The van der Waals surface area contributed by atoms with Crippen molar-refractivity contribution in [2.75, 3.05) is 0 Å². The summed E-state index contributed by atoms with van der Waals surface area (Å²) in [5.41, 5.74) is 13.0. The minimum atomic E-state index is -0.392. The van der Waals surface area contributed by atoms with E-state index in [9.17, 15) is 9.59 Å². The Morgan fingerprint density at radius 2 is 1.45 bits per heavy atom. The minimum Gasteiger partial charge on any atom is -0.370 e. The summed E-state index contributed by atoms with van der Waals surface area (Å²) < 4.78 is 0. The molecule has 22 heavy (non-hydrogen) atoms. The van der Waals surface area contributed by atoms with Gasteiger partial charge in [-0.15, -0.1) is 0 Å². The molecule has 0 aliphatic heterocycles. The van der Waals surface area contributed by atoms with Gasteiger partial charge in [-0.05, 0) is 36.8 Å². The number of amides is 2. The fourth-order valence-corrected chi connectivity index (χ4v) is 3.46. The molecule has 1 aromatic carbocycles. The Kier molecular flexibility index (Phi) is 5.58. The molecule has 0 fully saturated rings. The molecule has 0 atom stereocenters. The van der Waals surface area contributed by atoms with E-state index in [1.165, 1.54) is 11.1 Å². The van der Waals surface area contributed by atoms with E-state index in [-0.39, 0.29) is 11.8 Å². The number of hydrogen-bond donors (Lipinski definition) is 2. The van der Waals surface area contributed by atoms with Crippen molar-refractivity contribution in [3.8, 4) is 0 Å². The van der Waals surface area contributed by atoms with Gasteiger partial charge < -0.3 is 11.5 Å². The van der Waals surface area contributed by atoms with Gasteiger partial charge in [-0.1, -0.05) is 49.9 Å². The van der Waals surface area contributed by atoms with Crippen molar-refractivity contribution in [2.45, 2.75) is 57.8 Å². The van der Waals surface area contributed by atoms with Gasteiger partial charge >= 0.3 is 0 Å². The third-order valence-electron chi connectivity index (χ3n) is 4.78. The Bertz CT molecular complexity index is 515. The molecular formula is C18H26N2O2. The number of rotatable bonds is 9. The van der Waals surface area contributed by atoms with E-state index in [0.717, 1.165) is 51.4 Å². The summed E-state index contributed by atoms with van der Waals surface area (Å²) in [5, 5.41) is 0. The van der Waals surface area contributed by atoms with Crippen LogP contribution in [-0.4, -0.2) is 11.8 Å². The summed E-state index contributed by atoms with van der Waals surface area (Å²) in [4.78, 5) is 22.7. The molecule has 2 rings (SSSR count). The van der Waals surface area contributed by atoms with Gasteiger partial charge in [0, 0.05) is 6.42 Å². The summed E-state index contributed by atoms with van der Waals surface area (Å²) in [5.74, 6) is -0.395. The molecule has 120 valence electrons. The van der Waals surface area contributed by atoms with Gasteiger partial charge in [-0.25, -0.2) is 0 Å². The highest BCUT2D eigenvalue weighted by atomic mass is 16.1. The van der Waals surface area contributed by atoms with Crippen LogP contribution in [0.25, 0.3) is 0 Å². The zero-order valence-corrected chi connectivity index (χ0v) is 13.1. The number of carbonyl (C=O) groups excluding carboxylic acids is 2. The van der Waals surface area contributed by atoms with Crippen molar-refractivity contribution in [3.63, 3.8) is 0 Å². The van der Waals surface area contributed by atoms with Gasteiger partial charge in [0.15, 0.2) is 0 Å². The second-order valence-corrected chi connectivity index (χ2v) is 6.50. The number of unbranched alkanes of at least 4 members (excludes halogenated alkanes) is 4. The highest BCUT2D eigenvalue weighted by Crippen LogP contribution is 2.40. The second kappa shape index (κ2) is 7.43. The van der Waals surface area contributed by atoms with Crippen LogP contribution in [0.15, 0.2) is 24.3 Å². The van der Waals surface area contributed by atoms with Crippen molar-refractivity contribution >= 4 is 11.8 Å². The van der Waals surface area contributed by atoms with Crippen LogP contribution in [-0.2, 0) is 22.4 Å². The molecule has 0 aromatic heterocycles. The highest BCUT2D eigenvalue weighted by molar-refractivity contribution is 5.82. The number of nitrogens with two attached hydrogens (primary N) is 2. The Morgan fingerprint density at radius 3 is 2.00 bits per heavy atom. The molecule has 4 nitrogen and oxygen atoms in total. The first kappa shape index (κ1) is 16.5. The molecule has 1 aromatic rings. The van der Waals surface area contributed by atoms with Crippen molar-refractivity contribution in [1.29, 1.82) is 0 Å². The van der Waals surface area contributed by atoms with Crippen LogP contribution in [0.4, 0.5) is 0 Å². The van der Waals surface area contributed by atoms with Crippen LogP contribution in [0.5, 0.6) is 0 Å². The van der Waals surface area contributed by atoms with Gasteiger partial charge in [0.1, 0.15) is 0 Å². The normalized spacial score (nSPS) is 15.5. The predicted octanol–water partition coefficient (Wildman–Crippen LogP) is 2.47. The number of primary amides is 2. The molecule has 0 unspecified atom stereocenters. The van der Waals surface area contributed by atoms with E-state index in [0.29, 0.717) is 6.42 Å². The summed E-state index contributed by atoms with van der Waals surface area (Å²) in [6.07, 6.45) is 7.93.